The number of benzene rings is 1. The van der Waals surface area contributed by atoms with Gasteiger partial charge in [-0.25, -0.2) is 4.79 Å². The predicted molar refractivity (Wildman–Crippen MR) is 96.1 cm³/mol. The number of urea groups is 1. The molecule has 7 heteroatoms. The van der Waals surface area contributed by atoms with Crippen LogP contribution in [0.25, 0.3) is 0 Å². The zero-order chi connectivity index (χ0) is 18.1. The minimum Gasteiger partial charge on any atom is -0.484 e. The van der Waals surface area contributed by atoms with E-state index < -0.39 is 11.9 Å². The second-order valence-electron chi connectivity index (χ2n) is 5.22. The van der Waals surface area contributed by atoms with Gasteiger partial charge in [0.15, 0.2) is 12.4 Å². The van der Waals surface area contributed by atoms with Gasteiger partial charge in [0.1, 0.15) is 5.75 Å². The Morgan fingerprint density at radius 3 is 2.52 bits per heavy atom. The third-order valence-electron chi connectivity index (χ3n) is 3.36. The summed E-state index contributed by atoms with van der Waals surface area (Å²) in [6.45, 7) is 1.97. The Labute approximate surface area is 150 Å². The molecule has 0 atom stereocenters. The summed E-state index contributed by atoms with van der Waals surface area (Å²) in [6.07, 6.45) is 1.16. The fraction of sp³-hybridized carbons (Fsp3) is 0.278. The molecule has 2 rings (SSSR count). The Kier molecular flexibility index (Phi) is 7.16. The highest BCUT2D eigenvalue weighted by Crippen LogP contribution is 2.13. The van der Waals surface area contributed by atoms with Gasteiger partial charge in [-0.1, -0.05) is 13.0 Å². The van der Waals surface area contributed by atoms with Gasteiger partial charge in [0.2, 0.25) is 0 Å². The first-order valence-electron chi connectivity index (χ1n) is 7.94. The van der Waals surface area contributed by atoms with Gasteiger partial charge in [0.25, 0.3) is 5.91 Å². The van der Waals surface area contributed by atoms with Gasteiger partial charge in [0.05, 0.1) is 0 Å². The summed E-state index contributed by atoms with van der Waals surface area (Å²) in [5.74, 6) is -0.0354. The van der Waals surface area contributed by atoms with Crippen LogP contribution in [-0.4, -0.2) is 30.9 Å². The highest BCUT2D eigenvalue weighted by atomic mass is 32.1. The van der Waals surface area contributed by atoms with Crippen LogP contribution in [0, 0.1) is 0 Å². The molecule has 0 saturated carbocycles. The number of carbonyl (C=O) groups excluding carboxylic acids is 3. The number of nitrogens with one attached hydrogen (secondary N) is 2. The first-order valence-corrected chi connectivity index (χ1v) is 8.82. The minimum absolute atomic E-state index is 0.0449. The van der Waals surface area contributed by atoms with Crippen molar-refractivity contribution in [2.45, 2.75) is 19.8 Å². The van der Waals surface area contributed by atoms with Gasteiger partial charge in [-0.2, -0.15) is 0 Å². The lowest BCUT2D eigenvalue weighted by atomic mass is 10.1. The first-order chi connectivity index (χ1) is 12.1. The molecule has 0 bridgehead atoms. The van der Waals surface area contributed by atoms with E-state index in [1.807, 2.05) is 17.5 Å². The molecular weight excluding hydrogens is 340 g/mol. The lowest BCUT2D eigenvalue weighted by Crippen LogP contribution is -2.42. The second-order valence-corrected chi connectivity index (χ2v) is 6.26. The Bertz CT molecular complexity index is 711. The average Bonchev–Trinajstić information content (AvgIpc) is 3.13. The number of thiophene rings is 1. The number of Topliss-reactive ketones (excluding diaryl/α,β-unsaturated/α-hetero) is 1. The van der Waals surface area contributed by atoms with E-state index in [4.69, 9.17) is 4.74 Å². The number of ether oxygens (including phenoxy) is 1. The van der Waals surface area contributed by atoms with E-state index >= 15 is 0 Å². The van der Waals surface area contributed by atoms with Gasteiger partial charge in [0, 0.05) is 23.4 Å². The molecule has 6 nitrogen and oxygen atoms in total. The molecule has 132 valence electrons. The van der Waals surface area contributed by atoms with Gasteiger partial charge >= 0.3 is 6.03 Å². The highest BCUT2D eigenvalue weighted by molar-refractivity contribution is 7.09. The summed E-state index contributed by atoms with van der Waals surface area (Å²) in [5.41, 5.74) is 0.601. The smallest absolute Gasteiger partial charge is 0.321 e. The standard InChI is InChI=1S/C18H20N2O4S/c1-2-16(21)13-5-7-14(8-6-13)24-12-17(22)20-18(23)19-10-9-15-4-3-11-25-15/h3-8,11H,2,9-10,12H2,1H3,(H2,19,20,22,23). The first kappa shape index (κ1) is 18.7. The molecule has 0 radical (unpaired) electrons. The van der Waals surface area contributed by atoms with E-state index in [0.717, 1.165) is 6.42 Å². The van der Waals surface area contributed by atoms with Crippen LogP contribution in [0.3, 0.4) is 0 Å². The van der Waals surface area contributed by atoms with Crippen LogP contribution in [0.15, 0.2) is 41.8 Å². The van der Waals surface area contributed by atoms with E-state index in [-0.39, 0.29) is 12.4 Å². The maximum Gasteiger partial charge on any atom is 0.321 e. The lowest BCUT2D eigenvalue weighted by Gasteiger charge is -2.08. The van der Waals surface area contributed by atoms with Crippen molar-refractivity contribution >= 4 is 29.1 Å². The molecule has 1 aromatic heterocycles. The molecule has 3 amide bonds. The number of imide groups is 1. The maximum atomic E-state index is 11.7. The largest absolute Gasteiger partial charge is 0.484 e. The van der Waals surface area contributed by atoms with Gasteiger partial charge in [-0.3, -0.25) is 14.9 Å². The van der Waals surface area contributed by atoms with Crippen molar-refractivity contribution in [3.63, 3.8) is 0 Å². The molecule has 0 aliphatic heterocycles. The van der Waals surface area contributed by atoms with Crippen LogP contribution < -0.4 is 15.4 Å². The van der Waals surface area contributed by atoms with Crippen molar-refractivity contribution in [1.82, 2.24) is 10.6 Å². The number of rotatable bonds is 8. The third kappa shape index (κ3) is 6.39. The minimum atomic E-state index is -0.547. The summed E-state index contributed by atoms with van der Waals surface area (Å²) in [4.78, 5) is 36.0. The van der Waals surface area contributed by atoms with Crippen molar-refractivity contribution in [3.8, 4) is 5.75 Å². The predicted octanol–water partition coefficient (Wildman–Crippen LogP) is 2.79. The van der Waals surface area contributed by atoms with Crippen molar-refractivity contribution < 1.29 is 19.1 Å². The maximum absolute atomic E-state index is 11.7. The molecule has 0 saturated heterocycles. The van der Waals surface area contributed by atoms with Crippen molar-refractivity contribution in [1.29, 1.82) is 0 Å². The van der Waals surface area contributed by atoms with Crippen LogP contribution in [-0.2, 0) is 11.2 Å². The number of ketones is 1. The number of amides is 3. The fourth-order valence-corrected chi connectivity index (χ4v) is 2.76. The molecule has 0 spiro atoms. The quantitative estimate of drug-likeness (QED) is 0.709. The van der Waals surface area contributed by atoms with Crippen LogP contribution in [0.4, 0.5) is 4.79 Å². The van der Waals surface area contributed by atoms with Crippen LogP contribution >= 0.6 is 11.3 Å². The fourth-order valence-electron chi connectivity index (χ4n) is 2.05. The van der Waals surface area contributed by atoms with Gasteiger partial charge < -0.3 is 10.1 Å². The van der Waals surface area contributed by atoms with E-state index in [9.17, 15) is 14.4 Å². The van der Waals surface area contributed by atoms with E-state index in [0.29, 0.717) is 24.3 Å². The molecule has 1 aromatic carbocycles. The number of hydrogen-bond acceptors (Lipinski definition) is 5. The molecule has 2 aromatic rings. The normalized spacial score (nSPS) is 10.1. The Balaban J connectivity index is 1.67. The molecule has 2 N–H and O–H groups in total. The average molecular weight is 360 g/mol. The summed E-state index contributed by atoms with van der Waals surface area (Å²) in [5, 5.41) is 6.80. The van der Waals surface area contributed by atoms with Crippen molar-refractivity contribution in [2.75, 3.05) is 13.2 Å². The van der Waals surface area contributed by atoms with Crippen LogP contribution in [0.5, 0.6) is 5.75 Å². The van der Waals surface area contributed by atoms with Crippen molar-refractivity contribution in [2.24, 2.45) is 0 Å². The summed E-state index contributed by atoms with van der Waals surface area (Å²) in [7, 11) is 0. The number of hydrogen-bond donors (Lipinski definition) is 2. The zero-order valence-electron chi connectivity index (χ0n) is 13.9. The van der Waals surface area contributed by atoms with Crippen LogP contribution in [0.1, 0.15) is 28.6 Å². The van der Waals surface area contributed by atoms with Gasteiger partial charge in [-0.15, -0.1) is 11.3 Å². The van der Waals surface area contributed by atoms with Crippen molar-refractivity contribution in [3.05, 3.63) is 52.2 Å². The van der Waals surface area contributed by atoms with E-state index in [1.165, 1.54) is 4.88 Å². The molecule has 25 heavy (non-hydrogen) atoms. The summed E-state index contributed by atoms with van der Waals surface area (Å²) < 4.78 is 5.30. The number of carbonyl (C=O) groups is 3. The Morgan fingerprint density at radius 1 is 1.12 bits per heavy atom. The summed E-state index contributed by atoms with van der Waals surface area (Å²) >= 11 is 1.62. The zero-order valence-corrected chi connectivity index (χ0v) is 14.7. The highest BCUT2D eigenvalue weighted by Gasteiger charge is 2.09. The Hall–Kier alpha value is -2.67. The topological polar surface area (TPSA) is 84.5 Å². The van der Waals surface area contributed by atoms with Gasteiger partial charge in [-0.05, 0) is 42.1 Å². The SMILES string of the molecule is CCC(=O)c1ccc(OCC(=O)NC(=O)NCCc2cccs2)cc1. The second kappa shape index (κ2) is 9.58. The Morgan fingerprint density at radius 2 is 1.88 bits per heavy atom. The molecule has 0 aliphatic carbocycles. The van der Waals surface area contributed by atoms with E-state index in [1.54, 1.807) is 42.5 Å². The molecule has 0 aliphatic rings. The molecule has 1 heterocycles. The summed E-state index contributed by atoms with van der Waals surface area (Å²) in [6, 6.07) is 9.93. The molecule has 0 fully saturated rings. The third-order valence-corrected chi connectivity index (χ3v) is 4.29. The van der Waals surface area contributed by atoms with E-state index in [2.05, 4.69) is 10.6 Å². The molecular formula is C18H20N2O4S. The van der Waals surface area contributed by atoms with Crippen LogP contribution in [0.2, 0.25) is 0 Å². The lowest BCUT2D eigenvalue weighted by molar-refractivity contribution is -0.122. The molecule has 0 unspecified atom stereocenters. The monoisotopic (exact) mass is 360 g/mol.